The summed E-state index contributed by atoms with van der Waals surface area (Å²) in [7, 11) is 1.37. The predicted molar refractivity (Wildman–Crippen MR) is 90.4 cm³/mol. The minimum Gasteiger partial charge on any atom is -0.469 e. The van der Waals surface area contributed by atoms with E-state index < -0.39 is 17.6 Å². The Hall–Kier alpha value is -2.08. The maximum absolute atomic E-state index is 12.0. The summed E-state index contributed by atoms with van der Waals surface area (Å²) in [6.45, 7) is 7.26. The van der Waals surface area contributed by atoms with Crippen molar-refractivity contribution in [3.8, 4) is 0 Å². The zero-order valence-electron chi connectivity index (χ0n) is 14.7. The number of amides is 1. The summed E-state index contributed by atoms with van der Waals surface area (Å²) in [5.74, 6) is -0.710. The van der Waals surface area contributed by atoms with Crippen molar-refractivity contribution in [2.45, 2.75) is 39.0 Å². The molecule has 6 heteroatoms. The molecule has 6 nitrogen and oxygen atoms in total. The topological polar surface area (TPSA) is 67.9 Å². The molecular formula is C18H26N2O4. The molecule has 2 rings (SSSR count). The van der Waals surface area contributed by atoms with Gasteiger partial charge in [-0.1, -0.05) is 30.3 Å². The van der Waals surface area contributed by atoms with Crippen LogP contribution in [0.15, 0.2) is 30.3 Å². The van der Waals surface area contributed by atoms with Crippen molar-refractivity contribution >= 4 is 12.1 Å². The second-order valence-electron chi connectivity index (χ2n) is 7.06. The molecule has 2 atom stereocenters. The zero-order chi connectivity index (χ0) is 17.7. The van der Waals surface area contributed by atoms with E-state index in [2.05, 4.69) is 10.2 Å². The molecule has 132 valence electrons. The van der Waals surface area contributed by atoms with Gasteiger partial charge in [-0.15, -0.1) is 0 Å². The third kappa shape index (κ3) is 5.23. The van der Waals surface area contributed by atoms with Crippen molar-refractivity contribution < 1.29 is 19.1 Å². The number of esters is 1. The summed E-state index contributed by atoms with van der Waals surface area (Å²) in [4.78, 5) is 26.2. The van der Waals surface area contributed by atoms with E-state index in [-0.39, 0.29) is 12.0 Å². The molecule has 1 aromatic carbocycles. The first-order chi connectivity index (χ1) is 11.3. The van der Waals surface area contributed by atoms with Gasteiger partial charge in [-0.05, 0) is 26.3 Å². The lowest BCUT2D eigenvalue weighted by atomic mass is 10.0. The summed E-state index contributed by atoms with van der Waals surface area (Å²) < 4.78 is 10.2. The molecule has 1 saturated heterocycles. The van der Waals surface area contributed by atoms with Crippen LogP contribution < -0.4 is 5.32 Å². The van der Waals surface area contributed by atoms with Gasteiger partial charge in [0, 0.05) is 19.6 Å². The van der Waals surface area contributed by atoms with Crippen molar-refractivity contribution in [3.05, 3.63) is 35.9 Å². The Labute approximate surface area is 143 Å². The number of methoxy groups -OCH3 is 1. The SMILES string of the molecule is COC(=O)[C@H]1CN(Cc2ccccc2)C[C@H]1NC(=O)OC(C)(C)C. The van der Waals surface area contributed by atoms with Crippen LogP contribution in [0.3, 0.4) is 0 Å². The molecule has 1 aromatic rings. The molecule has 0 spiro atoms. The second-order valence-corrected chi connectivity index (χ2v) is 7.06. The molecule has 1 aliphatic heterocycles. The monoisotopic (exact) mass is 334 g/mol. The van der Waals surface area contributed by atoms with Crippen LogP contribution in [0.25, 0.3) is 0 Å². The van der Waals surface area contributed by atoms with Gasteiger partial charge in [0.25, 0.3) is 0 Å². The summed E-state index contributed by atoms with van der Waals surface area (Å²) in [6.07, 6.45) is -0.511. The van der Waals surface area contributed by atoms with Crippen LogP contribution in [0.1, 0.15) is 26.3 Å². The van der Waals surface area contributed by atoms with E-state index in [0.717, 1.165) is 6.54 Å². The van der Waals surface area contributed by atoms with Gasteiger partial charge in [0.2, 0.25) is 0 Å². The Balaban J connectivity index is 2.01. The zero-order valence-corrected chi connectivity index (χ0v) is 14.7. The molecule has 1 fully saturated rings. The smallest absolute Gasteiger partial charge is 0.407 e. The largest absolute Gasteiger partial charge is 0.469 e. The third-order valence-corrected chi connectivity index (χ3v) is 3.85. The molecule has 0 radical (unpaired) electrons. The predicted octanol–water partition coefficient (Wildman–Crippen LogP) is 2.18. The van der Waals surface area contributed by atoms with Gasteiger partial charge in [-0.3, -0.25) is 9.69 Å². The molecule has 0 bridgehead atoms. The standard InChI is InChI=1S/C18H26N2O4/c1-18(2,3)24-17(22)19-15-12-20(11-14(15)16(21)23-4)10-13-8-6-5-7-9-13/h5-9,14-15H,10-12H2,1-4H3,(H,19,22)/t14-,15+/m0/s1. The highest BCUT2D eigenvalue weighted by Gasteiger charge is 2.39. The maximum Gasteiger partial charge on any atom is 0.407 e. The fourth-order valence-electron chi connectivity index (χ4n) is 2.85. The van der Waals surface area contributed by atoms with Crippen molar-refractivity contribution in [2.24, 2.45) is 5.92 Å². The Morgan fingerprint density at radius 3 is 2.46 bits per heavy atom. The lowest BCUT2D eigenvalue weighted by Crippen LogP contribution is -2.45. The summed E-state index contributed by atoms with van der Waals surface area (Å²) >= 11 is 0. The van der Waals surface area contributed by atoms with E-state index in [9.17, 15) is 9.59 Å². The number of nitrogens with zero attached hydrogens (tertiary/aromatic N) is 1. The highest BCUT2D eigenvalue weighted by atomic mass is 16.6. The number of alkyl carbamates (subject to hydrolysis) is 1. The number of likely N-dealkylation sites (tertiary alicyclic amines) is 1. The van der Waals surface area contributed by atoms with E-state index in [4.69, 9.17) is 9.47 Å². The number of hydrogen-bond donors (Lipinski definition) is 1. The average molecular weight is 334 g/mol. The van der Waals surface area contributed by atoms with Gasteiger partial charge in [-0.2, -0.15) is 0 Å². The molecule has 1 amide bonds. The molecule has 0 saturated carbocycles. The molecular weight excluding hydrogens is 308 g/mol. The first kappa shape index (κ1) is 18.3. The molecule has 0 aliphatic carbocycles. The molecule has 0 aromatic heterocycles. The summed E-state index contributed by atoms with van der Waals surface area (Å²) in [5.41, 5.74) is 0.590. The minimum absolute atomic E-state index is 0.313. The Morgan fingerprint density at radius 2 is 1.88 bits per heavy atom. The van der Waals surface area contributed by atoms with Gasteiger partial charge in [-0.25, -0.2) is 4.79 Å². The highest BCUT2D eigenvalue weighted by molar-refractivity contribution is 5.76. The quantitative estimate of drug-likeness (QED) is 0.855. The molecule has 0 unspecified atom stereocenters. The molecule has 1 aliphatic rings. The van der Waals surface area contributed by atoms with E-state index >= 15 is 0 Å². The van der Waals surface area contributed by atoms with E-state index in [0.29, 0.717) is 13.1 Å². The fourth-order valence-corrected chi connectivity index (χ4v) is 2.85. The average Bonchev–Trinajstić information content (AvgIpc) is 2.87. The number of benzene rings is 1. The summed E-state index contributed by atoms with van der Waals surface area (Å²) in [6, 6.07) is 9.71. The van der Waals surface area contributed by atoms with Crippen LogP contribution in [0.4, 0.5) is 4.79 Å². The Kier molecular flexibility index (Phi) is 5.83. The number of rotatable bonds is 4. The van der Waals surface area contributed by atoms with Gasteiger partial charge in [0.1, 0.15) is 5.60 Å². The number of carbonyl (C=O) groups excluding carboxylic acids is 2. The van der Waals surface area contributed by atoms with Crippen LogP contribution in [0.2, 0.25) is 0 Å². The van der Waals surface area contributed by atoms with E-state index in [1.165, 1.54) is 12.7 Å². The lowest BCUT2D eigenvalue weighted by Gasteiger charge is -2.23. The van der Waals surface area contributed by atoms with Crippen LogP contribution >= 0.6 is 0 Å². The first-order valence-corrected chi connectivity index (χ1v) is 8.12. The van der Waals surface area contributed by atoms with Crippen LogP contribution in [-0.4, -0.2) is 48.8 Å². The second kappa shape index (κ2) is 7.66. The number of nitrogens with one attached hydrogen (secondary N) is 1. The maximum atomic E-state index is 12.0. The van der Waals surface area contributed by atoms with Crippen molar-refractivity contribution in [1.29, 1.82) is 0 Å². The van der Waals surface area contributed by atoms with E-state index in [1.54, 1.807) is 20.8 Å². The minimum atomic E-state index is -0.576. The van der Waals surface area contributed by atoms with Gasteiger partial charge in [0.05, 0.1) is 19.1 Å². The van der Waals surface area contributed by atoms with Crippen molar-refractivity contribution in [3.63, 3.8) is 0 Å². The molecule has 1 heterocycles. The number of carbonyl (C=O) groups is 2. The highest BCUT2D eigenvalue weighted by Crippen LogP contribution is 2.21. The van der Waals surface area contributed by atoms with Crippen LogP contribution in [0.5, 0.6) is 0 Å². The lowest BCUT2D eigenvalue weighted by molar-refractivity contribution is -0.145. The van der Waals surface area contributed by atoms with Gasteiger partial charge in [0.15, 0.2) is 0 Å². The molecule has 24 heavy (non-hydrogen) atoms. The summed E-state index contributed by atoms with van der Waals surface area (Å²) in [5, 5.41) is 2.81. The van der Waals surface area contributed by atoms with Crippen LogP contribution in [-0.2, 0) is 20.8 Å². The molecule has 1 N–H and O–H groups in total. The van der Waals surface area contributed by atoms with Crippen molar-refractivity contribution in [1.82, 2.24) is 10.2 Å². The van der Waals surface area contributed by atoms with E-state index in [1.807, 2.05) is 30.3 Å². The fraction of sp³-hybridized carbons (Fsp3) is 0.556. The number of ether oxygens (including phenoxy) is 2. The van der Waals surface area contributed by atoms with Gasteiger partial charge >= 0.3 is 12.1 Å². The van der Waals surface area contributed by atoms with Crippen molar-refractivity contribution in [2.75, 3.05) is 20.2 Å². The van der Waals surface area contributed by atoms with Crippen LogP contribution in [0, 0.1) is 5.92 Å². The Bertz CT molecular complexity index is 568. The third-order valence-electron chi connectivity index (χ3n) is 3.85. The normalized spacial score (nSPS) is 21.3. The Morgan fingerprint density at radius 1 is 1.21 bits per heavy atom. The number of hydrogen-bond acceptors (Lipinski definition) is 5. The van der Waals surface area contributed by atoms with Gasteiger partial charge < -0.3 is 14.8 Å². The first-order valence-electron chi connectivity index (χ1n) is 8.12.